The number of esters is 1. The molecule has 0 radical (unpaired) electrons. The van der Waals surface area contributed by atoms with Gasteiger partial charge in [-0.05, 0) is 31.9 Å². The summed E-state index contributed by atoms with van der Waals surface area (Å²) in [5.74, 6) is -0.456. The molecule has 0 aliphatic carbocycles. The van der Waals surface area contributed by atoms with Crippen molar-refractivity contribution in [2.24, 2.45) is 5.92 Å². The van der Waals surface area contributed by atoms with Crippen molar-refractivity contribution in [3.05, 3.63) is 42.5 Å². The SMILES string of the molecule is C/C=C/COC(=O)C1CCN(S(=O)(=O)c2ccccc2)CC1. The molecule has 6 heteroatoms. The van der Waals surface area contributed by atoms with Crippen LogP contribution in [0.3, 0.4) is 0 Å². The Labute approximate surface area is 131 Å². The van der Waals surface area contributed by atoms with Crippen molar-refractivity contribution in [1.29, 1.82) is 0 Å². The molecule has 0 unspecified atom stereocenters. The lowest BCUT2D eigenvalue weighted by Crippen LogP contribution is -2.40. The van der Waals surface area contributed by atoms with Crippen molar-refractivity contribution in [3.8, 4) is 0 Å². The Bertz CT molecular complexity index is 617. The number of hydrogen-bond acceptors (Lipinski definition) is 4. The van der Waals surface area contributed by atoms with E-state index in [1.165, 1.54) is 4.31 Å². The first-order valence-electron chi connectivity index (χ1n) is 7.38. The van der Waals surface area contributed by atoms with E-state index in [1.807, 2.05) is 13.0 Å². The van der Waals surface area contributed by atoms with Crippen LogP contribution in [-0.2, 0) is 19.6 Å². The molecule has 0 aromatic heterocycles. The van der Waals surface area contributed by atoms with Crippen LogP contribution in [0.2, 0.25) is 0 Å². The predicted molar refractivity (Wildman–Crippen MR) is 83.7 cm³/mol. The van der Waals surface area contributed by atoms with Gasteiger partial charge in [-0.2, -0.15) is 4.31 Å². The quantitative estimate of drug-likeness (QED) is 0.615. The van der Waals surface area contributed by atoms with Gasteiger partial charge in [0.1, 0.15) is 6.61 Å². The second-order valence-corrected chi connectivity index (χ2v) is 7.13. The van der Waals surface area contributed by atoms with Crippen LogP contribution in [0.4, 0.5) is 0 Å². The number of ether oxygens (including phenoxy) is 1. The van der Waals surface area contributed by atoms with Gasteiger partial charge in [-0.15, -0.1) is 0 Å². The molecular formula is C16H21NO4S. The highest BCUT2D eigenvalue weighted by Gasteiger charge is 2.32. The lowest BCUT2D eigenvalue weighted by molar-refractivity contribution is -0.148. The number of sulfonamides is 1. The number of carbonyl (C=O) groups excluding carboxylic acids is 1. The Kier molecular flexibility index (Phi) is 5.74. The minimum Gasteiger partial charge on any atom is -0.461 e. The van der Waals surface area contributed by atoms with Crippen LogP contribution in [0.15, 0.2) is 47.4 Å². The van der Waals surface area contributed by atoms with Gasteiger partial charge in [-0.3, -0.25) is 4.79 Å². The lowest BCUT2D eigenvalue weighted by atomic mass is 9.98. The van der Waals surface area contributed by atoms with Gasteiger partial charge in [0, 0.05) is 13.1 Å². The van der Waals surface area contributed by atoms with Crippen LogP contribution < -0.4 is 0 Å². The van der Waals surface area contributed by atoms with Crippen LogP contribution in [-0.4, -0.2) is 38.4 Å². The smallest absolute Gasteiger partial charge is 0.309 e. The predicted octanol–water partition coefficient (Wildman–Crippen LogP) is 2.21. The Morgan fingerprint density at radius 1 is 1.27 bits per heavy atom. The number of benzene rings is 1. The summed E-state index contributed by atoms with van der Waals surface area (Å²) in [5.41, 5.74) is 0. The van der Waals surface area contributed by atoms with E-state index in [4.69, 9.17) is 4.74 Å². The number of hydrogen-bond donors (Lipinski definition) is 0. The van der Waals surface area contributed by atoms with Crippen molar-refractivity contribution in [3.63, 3.8) is 0 Å². The molecule has 0 atom stereocenters. The van der Waals surface area contributed by atoms with Crippen LogP contribution in [0.25, 0.3) is 0 Å². The molecule has 1 saturated heterocycles. The fraction of sp³-hybridized carbons (Fsp3) is 0.438. The highest BCUT2D eigenvalue weighted by Crippen LogP contribution is 2.24. The van der Waals surface area contributed by atoms with Gasteiger partial charge in [0.15, 0.2) is 0 Å². The van der Waals surface area contributed by atoms with E-state index in [2.05, 4.69) is 0 Å². The van der Waals surface area contributed by atoms with Gasteiger partial charge in [-0.1, -0.05) is 30.4 Å². The summed E-state index contributed by atoms with van der Waals surface area (Å²) in [6.45, 7) is 2.83. The second kappa shape index (κ2) is 7.56. The molecule has 0 N–H and O–H groups in total. The molecule has 0 saturated carbocycles. The Balaban J connectivity index is 1.93. The summed E-state index contributed by atoms with van der Waals surface area (Å²) in [6.07, 6.45) is 4.59. The van der Waals surface area contributed by atoms with E-state index < -0.39 is 10.0 Å². The van der Waals surface area contributed by atoms with Crippen molar-refractivity contribution < 1.29 is 17.9 Å². The third-order valence-corrected chi connectivity index (χ3v) is 5.64. The third kappa shape index (κ3) is 3.96. The Morgan fingerprint density at radius 3 is 2.50 bits per heavy atom. The van der Waals surface area contributed by atoms with Crippen molar-refractivity contribution >= 4 is 16.0 Å². The number of piperidine rings is 1. The van der Waals surface area contributed by atoms with Gasteiger partial charge < -0.3 is 4.74 Å². The maximum atomic E-state index is 12.5. The van der Waals surface area contributed by atoms with Crippen molar-refractivity contribution in [2.45, 2.75) is 24.7 Å². The van der Waals surface area contributed by atoms with E-state index in [1.54, 1.807) is 36.4 Å². The van der Waals surface area contributed by atoms with Gasteiger partial charge >= 0.3 is 5.97 Å². The van der Waals surface area contributed by atoms with Gasteiger partial charge in [0.05, 0.1) is 10.8 Å². The molecular weight excluding hydrogens is 302 g/mol. The summed E-state index contributed by atoms with van der Waals surface area (Å²) in [5, 5.41) is 0. The van der Waals surface area contributed by atoms with Crippen LogP contribution in [0.5, 0.6) is 0 Å². The number of rotatable bonds is 5. The normalized spacial score (nSPS) is 17.7. The molecule has 2 rings (SSSR count). The second-order valence-electron chi connectivity index (χ2n) is 5.19. The first-order valence-corrected chi connectivity index (χ1v) is 8.82. The zero-order chi connectivity index (χ0) is 16.0. The molecule has 1 aliphatic heterocycles. The molecule has 120 valence electrons. The van der Waals surface area contributed by atoms with Gasteiger partial charge in [0.25, 0.3) is 0 Å². The van der Waals surface area contributed by atoms with Crippen molar-refractivity contribution in [2.75, 3.05) is 19.7 Å². The molecule has 5 nitrogen and oxygen atoms in total. The minimum atomic E-state index is -3.46. The lowest BCUT2D eigenvalue weighted by Gasteiger charge is -2.30. The molecule has 1 aliphatic rings. The van der Waals surface area contributed by atoms with E-state index in [0.29, 0.717) is 30.8 Å². The average molecular weight is 323 g/mol. The summed E-state index contributed by atoms with van der Waals surface area (Å²) in [6, 6.07) is 8.38. The fourth-order valence-electron chi connectivity index (χ4n) is 2.42. The summed E-state index contributed by atoms with van der Waals surface area (Å²) >= 11 is 0. The van der Waals surface area contributed by atoms with E-state index in [-0.39, 0.29) is 18.5 Å². The third-order valence-electron chi connectivity index (χ3n) is 3.73. The molecule has 1 fully saturated rings. The number of nitrogens with zero attached hydrogens (tertiary/aromatic N) is 1. The van der Waals surface area contributed by atoms with Crippen LogP contribution >= 0.6 is 0 Å². The fourth-order valence-corrected chi connectivity index (χ4v) is 3.91. The Morgan fingerprint density at radius 2 is 1.91 bits per heavy atom. The van der Waals surface area contributed by atoms with Crippen molar-refractivity contribution in [1.82, 2.24) is 4.31 Å². The van der Waals surface area contributed by atoms with E-state index in [9.17, 15) is 13.2 Å². The van der Waals surface area contributed by atoms with Gasteiger partial charge in [-0.25, -0.2) is 8.42 Å². The first-order chi connectivity index (χ1) is 10.6. The van der Waals surface area contributed by atoms with E-state index in [0.717, 1.165) is 0 Å². The molecule has 0 amide bonds. The van der Waals surface area contributed by atoms with E-state index >= 15 is 0 Å². The molecule has 22 heavy (non-hydrogen) atoms. The van der Waals surface area contributed by atoms with Crippen LogP contribution in [0.1, 0.15) is 19.8 Å². The molecule has 0 bridgehead atoms. The highest BCUT2D eigenvalue weighted by atomic mass is 32.2. The molecule has 1 heterocycles. The maximum absolute atomic E-state index is 12.5. The number of carbonyl (C=O) groups is 1. The topological polar surface area (TPSA) is 63.7 Å². The number of allylic oxidation sites excluding steroid dienone is 1. The highest BCUT2D eigenvalue weighted by molar-refractivity contribution is 7.89. The molecule has 0 spiro atoms. The monoisotopic (exact) mass is 323 g/mol. The zero-order valence-corrected chi connectivity index (χ0v) is 13.5. The molecule has 1 aromatic carbocycles. The van der Waals surface area contributed by atoms with Crippen LogP contribution in [0, 0.1) is 5.92 Å². The average Bonchev–Trinajstić information content (AvgIpc) is 2.56. The summed E-state index contributed by atoms with van der Waals surface area (Å²) in [4.78, 5) is 12.2. The maximum Gasteiger partial charge on any atom is 0.309 e. The minimum absolute atomic E-state index is 0.215. The van der Waals surface area contributed by atoms with Gasteiger partial charge in [0.2, 0.25) is 10.0 Å². The first kappa shape index (κ1) is 16.7. The summed E-state index contributed by atoms with van der Waals surface area (Å²) < 4.78 is 31.5. The standard InChI is InChI=1S/C16H21NO4S/c1-2-3-13-21-16(18)14-9-11-17(12-10-14)22(19,20)15-7-5-4-6-8-15/h2-8,14H,9-13H2,1H3/b3-2+. The largest absolute Gasteiger partial charge is 0.461 e. The Hall–Kier alpha value is -1.66. The zero-order valence-electron chi connectivity index (χ0n) is 12.6. The molecule has 1 aromatic rings. The summed E-state index contributed by atoms with van der Waals surface area (Å²) in [7, 11) is -3.46.